The van der Waals surface area contributed by atoms with E-state index in [-0.39, 0.29) is 0 Å². The van der Waals surface area contributed by atoms with Crippen molar-refractivity contribution >= 4 is 5.69 Å². The lowest BCUT2D eigenvalue weighted by Crippen LogP contribution is -2.13. The van der Waals surface area contributed by atoms with Gasteiger partial charge in [0.05, 0.1) is 12.9 Å². The first kappa shape index (κ1) is 16.5. The summed E-state index contributed by atoms with van der Waals surface area (Å²) in [5.74, 6) is -2.68. The Morgan fingerprint density at radius 2 is 2.04 bits per heavy atom. The second-order valence-electron chi connectivity index (χ2n) is 4.43. The van der Waals surface area contributed by atoms with E-state index in [1.165, 1.54) is 0 Å². The molecule has 0 spiro atoms. The maximum atomic E-state index is 14.1. The molecule has 0 saturated heterocycles. The average Bonchev–Trinajstić information content (AvgIpc) is 2.50. The quantitative estimate of drug-likeness (QED) is 0.675. The number of nitrogens with zero attached hydrogens (tertiary/aromatic N) is 2. The van der Waals surface area contributed by atoms with E-state index in [4.69, 9.17) is 11.3 Å². The summed E-state index contributed by atoms with van der Waals surface area (Å²) in [5, 5.41) is 0. The number of halogens is 4. The molecule has 0 saturated carbocycles. The van der Waals surface area contributed by atoms with Crippen LogP contribution in [0.25, 0.3) is 4.85 Å². The predicted octanol–water partition coefficient (Wildman–Crippen LogP) is 4.22. The highest BCUT2D eigenvalue weighted by molar-refractivity contribution is 5.55. The molecule has 1 N–H and O–H groups in total. The molecule has 0 fully saturated rings. The number of benzene rings is 1. The second kappa shape index (κ2) is 6.48. The van der Waals surface area contributed by atoms with Gasteiger partial charge in [0, 0.05) is 5.56 Å². The minimum Gasteiger partial charge on any atom is -0.448 e. The number of H-pyrrole nitrogens is 1. The molecule has 0 amide bonds. The summed E-state index contributed by atoms with van der Waals surface area (Å²) in [4.78, 5) is 20.2. The van der Waals surface area contributed by atoms with Gasteiger partial charge >= 0.3 is 0 Å². The normalized spacial score (nSPS) is 12.0. The number of aromatic amines is 1. The van der Waals surface area contributed by atoms with E-state index >= 15 is 0 Å². The van der Waals surface area contributed by atoms with Gasteiger partial charge in [-0.15, -0.1) is 0 Å². The molecular weight excluding hydrogens is 318 g/mol. The molecule has 23 heavy (non-hydrogen) atoms. The minimum absolute atomic E-state index is 0.417. The number of aromatic nitrogens is 2. The summed E-state index contributed by atoms with van der Waals surface area (Å²) in [6, 6.07) is 1.32. The molecule has 0 radical (unpaired) electrons. The summed E-state index contributed by atoms with van der Waals surface area (Å²) in [7, 11) is 0. The Morgan fingerprint density at radius 3 is 2.61 bits per heavy atom. The van der Waals surface area contributed by atoms with Crippen LogP contribution in [-0.2, 0) is 0 Å². The van der Waals surface area contributed by atoms with Gasteiger partial charge in [-0.2, -0.15) is 0 Å². The van der Waals surface area contributed by atoms with Crippen molar-refractivity contribution in [1.29, 1.82) is 0 Å². The molecule has 1 unspecified atom stereocenters. The third kappa shape index (κ3) is 3.31. The number of hydrogen-bond donors (Lipinski definition) is 1. The molecular formula is C14H9F4N3O2. The molecule has 2 rings (SSSR count). The summed E-state index contributed by atoms with van der Waals surface area (Å²) in [6.45, 7) is 7.87. The molecule has 5 nitrogen and oxygen atoms in total. The van der Waals surface area contributed by atoms with Crippen molar-refractivity contribution in [3.63, 3.8) is 0 Å². The topological polar surface area (TPSA) is 59.3 Å². The second-order valence-corrected chi connectivity index (χ2v) is 4.43. The van der Waals surface area contributed by atoms with Gasteiger partial charge in [-0.25, -0.2) is 27.4 Å². The van der Waals surface area contributed by atoms with Gasteiger partial charge in [-0.1, -0.05) is 0 Å². The maximum Gasteiger partial charge on any atom is 0.294 e. The molecule has 9 heteroatoms. The molecule has 0 aliphatic heterocycles. The number of rotatable bonds is 4. The van der Waals surface area contributed by atoms with E-state index in [1.807, 2.05) is 0 Å². The molecule has 1 atom stereocenters. The SMILES string of the molecule is [C-]#[N+]c1cc(C(F)F)cc(Oc2c(C(C)F)nc[nH]c2=O)c1F. The predicted molar refractivity (Wildman–Crippen MR) is 72.1 cm³/mol. The fourth-order valence-electron chi connectivity index (χ4n) is 1.78. The van der Waals surface area contributed by atoms with E-state index in [2.05, 4.69) is 14.8 Å². The molecule has 120 valence electrons. The molecule has 2 aromatic rings. The minimum atomic E-state index is -2.98. The van der Waals surface area contributed by atoms with E-state index in [0.717, 1.165) is 13.3 Å². The van der Waals surface area contributed by atoms with Crippen LogP contribution < -0.4 is 10.3 Å². The average molecular weight is 327 g/mol. The van der Waals surface area contributed by atoms with E-state index in [9.17, 15) is 22.4 Å². The first-order valence-electron chi connectivity index (χ1n) is 6.23. The molecule has 1 aromatic carbocycles. The van der Waals surface area contributed by atoms with Crippen molar-refractivity contribution < 1.29 is 22.3 Å². The maximum absolute atomic E-state index is 14.1. The lowest BCUT2D eigenvalue weighted by Gasteiger charge is -2.12. The van der Waals surface area contributed by atoms with Gasteiger partial charge in [0.15, 0.2) is 11.6 Å². The molecule has 1 aromatic heterocycles. The van der Waals surface area contributed by atoms with E-state index in [1.54, 1.807) is 0 Å². The molecule has 0 aliphatic carbocycles. The third-order valence-corrected chi connectivity index (χ3v) is 2.84. The Labute approximate surface area is 127 Å². The first-order chi connectivity index (χ1) is 10.8. The summed E-state index contributed by atoms with van der Waals surface area (Å²) in [5.41, 5.74) is -2.69. The van der Waals surface area contributed by atoms with Crippen LogP contribution in [0.1, 0.15) is 30.8 Å². The monoisotopic (exact) mass is 327 g/mol. The molecule has 0 bridgehead atoms. The van der Waals surface area contributed by atoms with Crippen molar-refractivity contribution in [1.82, 2.24) is 9.97 Å². The van der Waals surface area contributed by atoms with Gasteiger partial charge < -0.3 is 9.72 Å². The van der Waals surface area contributed by atoms with Gasteiger partial charge in [-0.05, 0) is 19.1 Å². The van der Waals surface area contributed by atoms with Crippen molar-refractivity contribution in [3.05, 3.63) is 57.3 Å². The van der Waals surface area contributed by atoms with Crippen molar-refractivity contribution in [2.45, 2.75) is 19.5 Å². The fraction of sp³-hybridized carbons (Fsp3) is 0.214. The van der Waals surface area contributed by atoms with Gasteiger partial charge in [-0.3, -0.25) is 4.79 Å². The first-order valence-corrected chi connectivity index (χ1v) is 6.23. The summed E-state index contributed by atoms with van der Waals surface area (Å²) >= 11 is 0. The van der Waals surface area contributed by atoms with E-state index in [0.29, 0.717) is 12.1 Å². The smallest absolute Gasteiger partial charge is 0.294 e. The van der Waals surface area contributed by atoms with Crippen LogP contribution in [0, 0.1) is 12.4 Å². The highest BCUT2D eigenvalue weighted by Gasteiger charge is 2.22. The van der Waals surface area contributed by atoms with Crippen LogP contribution >= 0.6 is 0 Å². The van der Waals surface area contributed by atoms with Crippen LogP contribution in [0.2, 0.25) is 0 Å². The van der Waals surface area contributed by atoms with Crippen LogP contribution in [-0.4, -0.2) is 9.97 Å². The fourth-order valence-corrected chi connectivity index (χ4v) is 1.78. The number of alkyl halides is 3. The van der Waals surface area contributed by atoms with E-state index < -0.39 is 52.4 Å². The Hall–Kier alpha value is -2.89. The van der Waals surface area contributed by atoms with Crippen LogP contribution in [0.3, 0.4) is 0 Å². The van der Waals surface area contributed by atoms with Gasteiger partial charge in [0.25, 0.3) is 12.0 Å². The lowest BCUT2D eigenvalue weighted by molar-refractivity contribution is 0.151. The largest absolute Gasteiger partial charge is 0.448 e. The van der Waals surface area contributed by atoms with Crippen molar-refractivity contribution in [3.8, 4) is 11.5 Å². The van der Waals surface area contributed by atoms with Crippen LogP contribution in [0.5, 0.6) is 11.5 Å². The van der Waals surface area contributed by atoms with Crippen molar-refractivity contribution in [2.24, 2.45) is 0 Å². The lowest BCUT2D eigenvalue weighted by atomic mass is 10.2. The highest BCUT2D eigenvalue weighted by atomic mass is 19.3. The standard InChI is InChI=1S/C14H9F4N3O2/c1-6(15)11-12(14(22)21-5-20-11)23-9-4-7(13(17)18)3-8(19-2)10(9)16/h3-6,13H,1H3,(H,20,21,22). The van der Waals surface area contributed by atoms with Crippen LogP contribution in [0.4, 0.5) is 23.2 Å². The molecule has 1 heterocycles. The highest BCUT2D eigenvalue weighted by Crippen LogP contribution is 2.36. The zero-order valence-corrected chi connectivity index (χ0v) is 11.6. The zero-order chi connectivity index (χ0) is 17.1. The van der Waals surface area contributed by atoms with Gasteiger partial charge in [0.2, 0.25) is 11.4 Å². The zero-order valence-electron chi connectivity index (χ0n) is 11.6. The van der Waals surface area contributed by atoms with Crippen molar-refractivity contribution in [2.75, 3.05) is 0 Å². The van der Waals surface area contributed by atoms with Gasteiger partial charge in [0.1, 0.15) is 11.9 Å². The third-order valence-electron chi connectivity index (χ3n) is 2.84. The van der Waals surface area contributed by atoms with Crippen LogP contribution in [0.15, 0.2) is 23.3 Å². The summed E-state index contributed by atoms with van der Waals surface area (Å²) in [6.07, 6.45) is -3.77. The Morgan fingerprint density at radius 1 is 1.35 bits per heavy atom. The number of ether oxygens (including phenoxy) is 1. The Balaban J connectivity index is 2.60. The summed E-state index contributed by atoms with van der Waals surface area (Å²) < 4.78 is 58.1. The Bertz CT molecular complexity index is 828. The molecule has 0 aliphatic rings. The number of nitrogens with one attached hydrogen (secondary N) is 1. The number of hydrogen-bond acceptors (Lipinski definition) is 3. The Kier molecular flexibility index (Phi) is 4.64.